The van der Waals surface area contributed by atoms with Crippen LogP contribution in [0.5, 0.6) is 11.5 Å². The summed E-state index contributed by atoms with van der Waals surface area (Å²) >= 11 is 13.4. The first kappa shape index (κ1) is 29.1. The van der Waals surface area contributed by atoms with Crippen LogP contribution in [0.1, 0.15) is 28.4 Å². The predicted molar refractivity (Wildman–Crippen MR) is 171 cm³/mol. The Labute approximate surface area is 257 Å². The van der Waals surface area contributed by atoms with Crippen LogP contribution in [0.3, 0.4) is 0 Å². The zero-order valence-electron chi connectivity index (χ0n) is 22.5. The number of amides is 1. The van der Waals surface area contributed by atoms with Gasteiger partial charge >= 0.3 is 0 Å². The number of hydrogen-bond acceptors (Lipinski definition) is 7. The summed E-state index contributed by atoms with van der Waals surface area (Å²) in [6, 6.07) is 27.6. The number of carbonyl (C=O) groups excluding carboxylic acids is 1. The molecule has 0 radical (unpaired) electrons. The van der Waals surface area contributed by atoms with E-state index in [0.29, 0.717) is 40.3 Å². The largest absolute Gasteiger partial charge is 0.490 e. The fourth-order valence-corrected chi connectivity index (χ4v) is 4.87. The van der Waals surface area contributed by atoms with E-state index in [1.807, 2.05) is 91.2 Å². The predicted octanol–water partition coefficient (Wildman–Crippen LogP) is 8.60. The molecule has 5 rings (SSSR count). The van der Waals surface area contributed by atoms with Gasteiger partial charge in [-0.05, 0) is 84.8 Å². The second-order valence-electron chi connectivity index (χ2n) is 9.00. The summed E-state index contributed by atoms with van der Waals surface area (Å²) in [5.41, 5.74) is 7.41. The Morgan fingerprint density at radius 2 is 1.62 bits per heavy atom. The van der Waals surface area contributed by atoms with E-state index >= 15 is 0 Å². The maximum atomic E-state index is 12.7. The van der Waals surface area contributed by atoms with Crippen LogP contribution in [-0.4, -0.2) is 23.7 Å². The molecule has 0 saturated heterocycles. The molecule has 0 atom stereocenters. The first-order valence-electron chi connectivity index (χ1n) is 13.0. The van der Waals surface area contributed by atoms with Crippen LogP contribution < -0.4 is 20.2 Å². The van der Waals surface area contributed by atoms with Gasteiger partial charge in [0, 0.05) is 32.2 Å². The van der Waals surface area contributed by atoms with Crippen molar-refractivity contribution >= 4 is 57.5 Å². The lowest BCUT2D eigenvalue weighted by molar-refractivity contribution is 0.0955. The van der Waals surface area contributed by atoms with Gasteiger partial charge in [0.1, 0.15) is 6.61 Å². The van der Waals surface area contributed by atoms with Gasteiger partial charge < -0.3 is 14.8 Å². The molecule has 0 aliphatic rings. The summed E-state index contributed by atoms with van der Waals surface area (Å²) in [7, 11) is 0. The Kier molecular flexibility index (Phi) is 9.71. The van der Waals surface area contributed by atoms with Gasteiger partial charge in [0.05, 0.1) is 18.5 Å². The number of thiazole rings is 1. The Morgan fingerprint density at radius 3 is 2.33 bits per heavy atom. The van der Waals surface area contributed by atoms with Crippen molar-refractivity contribution in [3.8, 4) is 22.8 Å². The molecule has 1 aromatic heterocycles. The van der Waals surface area contributed by atoms with E-state index in [1.54, 1.807) is 18.3 Å². The van der Waals surface area contributed by atoms with E-state index in [4.69, 9.17) is 32.7 Å². The van der Waals surface area contributed by atoms with Crippen LogP contribution in [0.4, 0.5) is 10.8 Å². The van der Waals surface area contributed by atoms with Crippen LogP contribution >= 0.6 is 34.5 Å². The monoisotopic (exact) mass is 616 g/mol. The Morgan fingerprint density at radius 1 is 0.905 bits per heavy atom. The molecule has 0 aliphatic heterocycles. The molecule has 7 nitrogen and oxygen atoms in total. The van der Waals surface area contributed by atoms with Gasteiger partial charge in [-0.25, -0.2) is 10.4 Å². The average molecular weight is 618 g/mol. The highest BCUT2D eigenvalue weighted by molar-refractivity contribution is 7.14. The number of benzene rings is 4. The molecule has 0 fully saturated rings. The third kappa shape index (κ3) is 7.88. The minimum absolute atomic E-state index is 0.325. The van der Waals surface area contributed by atoms with E-state index in [2.05, 4.69) is 20.8 Å². The smallest absolute Gasteiger partial charge is 0.271 e. The summed E-state index contributed by atoms with van der Waals surface area (Å²) in [5, 5.41) is 11.5. The molecule has 5 aromatic rings. The molecule has 10 heteroatoms. The fourth-order valence-electron chi connectivity index (χ4n) is 3.88. The van der Waals surface area contributed by atoms with E-state index in [-0.39, 0.29) is 5.91 Å². The van der Waals surface area contributed by atoms with Crippen LogP contribution in [0.15, 0.2) is 101 Å². The number of aromatic nitrogens is 1. The molecule has 1 heterocycles. The molecule has 0 unspecified atom stereocenters. The van der Waals surface area contributed by atoms with Crippen LogP contribution in [0.2, 0.25) is 10.0 Å². The number of hydrogen-bond donors (Lipinski definition) is 2. The number of rotatable bonds is 11. The van der Waals surface area contributed by atoms with Gasteiger partial charge in [-0.15, -0.1) is 11.3 Å². The number of ether oxygens (including phenoxy) is 2. The summed E-state index contributed by atoms with van der Waals surface area (Å²) < 4.78 is 11.7. The molecule has 2 N–H and O–H groups in total. The Hall–Kier alpha value is -4.37. The SMILES string of the molecule is CCOc1cc(/C=N\NC(=O)c2ccc(-c3csc(Nc4ccc(Cl)cc4)n3)cc2)ccc1OCc1ccc(Cl)cc1. The van der Waals surface area contributed by atoms with Crippen LogP contribution in [-0.2, 0) is 6.61 Å². The molecule has 0 saturated carbocycles. The molecule has 0 bridgehead atoms. The standard InChI is InChI=1S/C32H26Cl2N4O3S/c1-2-40-30-17-22(5-16-29(30)41-19-21-3-10-25(33)11-4-21)18-35-38-31(39)24-8-6-23(7-9-24)28-20-42-32(37-28)36-27-14-12-26(34)13-15-27/h3-18,20H,2,19H2,1H3,(H,36,37)(H,38,39)/b35-18-. The van der Waals surface area contributed by atoms with E-state index < -0.39 is 0 Å². The number of carbonyl (C=O) groups is 1. The van der Waals surface area contributed by atoms with E-state index in [1.165, 1.54) is 11.3 Å². The highest BCUT2D eigenvalue weighted by atomic mass is 35.5. The van der Waals surface area contributed by atoms with Crippen molar-refractivity contribution in [2.45, 2.75) is 13.5 Å². The molecule has 1 amide bonds. The number of hydrazone groups is 1. The van der Waals surface area contributed by atoms with Gasteiger partial charge in [0.2, 0.25) is 0 Å². The maximum Gasteiger partial charge on any atom is 0.271 e. The first-order chi connectivity index (χ1) is 20.5. The van der Waals surface area contributed by atoms with Crippen molar-refractivity contribution in [3.05, 3.63) is 123 Å². The highest BCUT2D eigenvalue weighted by Crippen LogP contribution is 2.30. The minimum Gasteiger partial charge on any atom is -0.490 e. The number of anilines is 2. The molecule has 212 valence electrons. The van der Waals surface area contributed by atoms with Gasteiger partial charge in [-0.2, -0.15) is 5.10 Å². The average Bonchev–Trinajstić information content (AvgIpc) is 3.47. The highest BCUT2D eigenvalue weighted by Gasteiger charge is 2.10. The zero-order valence-corrected chi connectivity index (χ0v) is 24.8. The van der Waals surface area contributed by atoms with Gasteiger partial charge in [0.15, 0.2) is 16.6 Å². The molecular weight excluding hydrogens is 591 g/mol. The lowest BCUT2D eigenvalue weighted by Gasteiger charge is -2.12. The second kappa shape index (κ2) is 14.0. The number of nitrogens with one attached hydrogen (secondary N) is 2. The summed E-state index contributed by atoms with van der Waals surface area (Å²) in [4.78, 5) is 17.3. The van der Waals surface area contributed by atoms with Crippen molar-refractivity contribution in [1.82, 2.24) is 10.4 Å². The third-order valence-electron chi connectivity index (χ3n) is 6.00. The number of nitrogens with zero attached hydrogens (tertiary/aromatic N) is 2. The topological polar surface area (TPSA) is 84.8 Å². The van der Waals surface area contributed by atoms with Crippen LogP contribution in [0, 0.1) is 0 Å². The lowest BCUT2D eigenvalue weighted by atomic mass is 10.1. The second-order valence-corrected chi connectivity index (χ2v) is 10.7. The van der Waals surface area contributed by atoms with Gasteiger partial charge in [-0.1, -0.05) is 47.5 Å². The van der Waals surface area contributed by atoms with Crippen molar-refractivity contribution in [3.63, 3.8) is 0 Å². The summed E-state index contributed by atoms with van der Waals surface area (Å²) in [5.74, 6) is 0.876. The van der Waals surface area contributed by atoms with Crippen molar-refractivity contribution in [2.24, 2.45) is 5.10 Å². The molecular formula is C32H26Cl2N4O3S. The summed E-state index contributed by atoms with van der Waals surface area (Å²) in [6.07, 6.45) is 1.56. The number of halogens is 2. The molecule has 0 aliphatic carbocycles. The third-order valence-corrected chi connectivity index (χ3v) is 7.26. The quantitative estimate of drug-likeness (QED) is 0.115. The summed E-state index contributed by atoms with van der Waals surface area (Å²) in [6.45, 7) is 2.76. The molecule has 4 aromatic carbocycles. The zero-order chi connectivity index (χ0) is 29.3. The minimum atomic E-state index is -0.325. The maximum absolute atomic E-state index is 12.7. The van der Waals surface area contributed by atoms with Crippen LogP contribution in [0.25, 0.3) is 11.3 Å². The molecule has 42 heavy (non-hydrogen) atoms. The van der Waals surface area contributed by atoms with Crippen molar-refractivity contribution in [2.75, 3.05) is 11.9 Å². The Bertz CT molecular complexity index is 1670. The van der Waals surface area contributed by atoms with Gasteiger partial charge in [-0.3, -0.25) is 4.79 Å². The first-order valence-corrected chi connectivity index (χ1v) is 14.7. The van der Waals surface area contributed by atoms with Gasteiger partial charge in [0.25, 0.3) is 5.91 Å². The fraction of sp³-hybridized carbons (Fsp3) is 0.0938. The van der Waals surface area contributed by atoms with Crippen molar-refractivity contribution in [1.29, 1.82) is 0 Å². The molecule has 0 spiro atoms. The normalized spacial score (nSPS) is 10.9. The Balaban J connectivity index is 1.17. The lowest BCUT2D eigenvalue weighted by Crippen LogP contribution is -2.17. The van der Waals surface area contributed by atoms with E-state index in [0.717, 1.165) is 33.2 Å². The van der Waals surface area contributed by atoms with Crippen molar-refractivity contribution < 1.29 is 14.3 Å². The van der Waals surface area contributed by atoms with E-state index in [9.17, 15) is 4.79 Å².